The Bertz CT molecular complexity index is 1040. The van der Waals surface area contributed by atoms with Crippen molar-refractivity contribution in [1.82, 2.24) is 0 Å². The van der Waals surface area contributed by atoms with E-state index in [9.17, 15) is 9.59 Å². The number of ether oxygens (including phenoxy) is 21. The monoisotopic (exact) mass is 1000 g/mol. The fourth-order valence-corrected chi connectivity index (χ4v) is 4.53. The first kappa shape index (κ1) is 66.3. The first-order valence-corrected chi connectivity index (χ1v) is 23.4. The summed E-state index contributed by atoms with van der Waals surface area (Å²) in [6.45, 7) is 16.9. The van der Waals surface area contributed by atoms with E-state index < -0.39 is 11.9 Å². The Morgan fingerprint density at radius 1 is 0.217 bits per heavy atom. The normalized spacial score (nSPS) is 11.2. The van der Waals surface area contributed by atoms with E-state index >= 15 is 0 Å². The fraction of sp³-hybridized carbons (Fsp3) is 0.870. The van der Waals surface area contributed by atoms with Crippen LogP contribution in [0.15, 0.2) is 0 Å². The number of rotatable bonds is 60. The van der Waals surface area contributed by atoms with Crippen LogP contribution in [0.4, 0.5) is 0 Å². The second-order valence-electron chi connectivity index (χ2n) is 13.3. The Labute approximate surface area is 409 Å². The zero-order valence-electron chi connectivity index (χ0n) is 40.8. The highest BCUT2D eigenvalue weighted by molar-refractivity contribution is 5.87. The SMILES string of the molecule is C#CC(=O)OCCOCCCOCOCCOCCOCCOCCOCCOCCOCCOCCOCCOCCOCCOCCOCCOCCOCCOCCOCCOC(=O)C#C. The molecule has 0 saturated carbocycles. The number of hydrogen-bond acceptors (Lipinski definition) is 23. The van der Waals surface area contributed by atoms with Gasteiger partial charge in [0.05, 0.1) is 231 Å². The average molecular weight is 1000 g/mol. The number of terminal acetylenes is 2. The highest BCUT2D eigenvalue weighted by Gasteiger charge is 2.00. The molecule has 0 rings (SSSR count). The third-order valence-electron chi connectivity index (χ3n) is 7.85. The van der Waals surface area contributed by atoms with Crippen molar-refractivity contribution < 1.29 is 109 Å². The lowest BCUT2D eigenvalue weighted by atomic mass is 10.5. The molecule has 0 bridgehead atoms. The van der Waals surface area contributed by atoms with Crippen molar-refractivity contribution in [3.05, 3.63) is 0 Å². The summed E-state index contributed by atoms with van der Waals surface area (Å²) < 4.78 is 113. The highest BCUT2D eigenvalue weighted by Crippen LogP contribution is 1.91. The minimum Gasteiger partial charge on any atom is -0.454 e. The van der Waals surface area contributed by atoms with Crippen molar-refractivity contribution in [3.63, 3.8) is 0 Å². The molecule has 0 spiro atoms. The van der Waals surface area contributed by atoms with Gasteiger partial charge in [-0.2, -0.15) is 0 Å². The molecule has 69 heavy (non-hydrogen) atoms. The molecular formula is C46H82O23. The van der Waals surface area contributed by atoms with Gasteiger partial charge in [-0.25, -0.2) is 9.59 Å². The minimum absolute atomic E-state index is 0.118. The maximum Gasteiger partial charge on any atom is 0.384 e. The lowest BCUT2D eigenvalue weighted by Gasteiger charge is -2.09. The molecule has 0 radical (unpaired) electrons. The molecule has 0 amide bonds. The number of carbonyl (C=O) groups is 2. The smallest absolute Gasteiger partial charge is 0.384 e. The van der Waals surface area contributed by atoms with Crippen molar-refractivity contribution in [1.29, 1.82) is 0 Å². The Morgan fingerprint density at radius 3 is 0.565 bits per heavy atom. The van der Waals surface area contributed by atoms with Crippen LogP contribution in [0, 0.1) is 24.7 Å². The molecule has 0 fully saturated rings. The van der Waals surface area contributed by atoms with Crippen LogP contribution in [0.1, 0.15) is 6.42 Å². The van der Waals surface area contributed by atoms with Crippen LogP contribution in [0.25, 0.3) is 0 Å². The van der Waals surface area contributed by atoms with Crippen molar-refractivity contribution in [3.8, 4) is 24.7 Å². The van der Waals surface area contributed by atoms with E-state index in [-0.39, 0.29) is 26.6 Å². The van der Waals surface area contributed by atoms with Gasteiger partial charge < -0.3 is 99.5 Å². The molecule has 23 nitrogen and oxygen atoms in total. The lowest BCUT2D eigenvalue weighted by Crippen LogP contribution is -2.16. The van der Waals surface area contributed by atoms with Gasteiger partial charge in [-0.15, -0.1) is 12.8 Å². The molecular weight excluding hydrogens is 920 g/mol. The molecule has 0 aromatic heterocycles. The van der Waals surface area contributed by atoms with Gasteiger partial charge in [-0.3, -0.25) is 0 Å². The average Bonchev–Trinajstić information content (AvgIpc) is 3.36. The van der Waals surface area contributed by atoms with E-state index in [1.54, 1.807) is 0 Å². The first-order chi connectivity index (χ1) is 34.2. The molecule has 0 saturated heterocycles. The molecule has 0 N–H and O–H groups in total. The summed E-state index contributed by atoms with van der Waals surface area (Å²) >= 11 is 0. The van der Waals surface area contributed by atoms with Crippen LogP contribution in [0.3, 0.4) is 0 Å². The van der Waals surface area contributed by atoms with Gasteiger partial charge >= 0.3 is 11.9 Å². The van der Waals surface area contributed by atoms with Crippen LogP contribution in [0.5, 0.6) is 0 Å². The Balaban J connectivity index is 3.09. The molecule has 0 aliphatic heterocycles. The predicted octanol–water partition coefficient (Wildman–Crippen LogP) is 0.00220. The Morgan fingerprint density at radius 2 is 0.362 bits per heavy atom. The van der Waals surface area contributed by atoms with Crippen LogP contribution in [0.2, 0.25) is 0 Å². The third kappa shape index (κ3) is 61.4. The van der Waals surface area contributed by atoms with Gasteiger partial charge in [0, 0.05) is 18.4 Å². The quantitative estimate of drug-likeness (QED) is 0.0257. The van der Waals surface area contributed by atoms with Crippen LogP contribution < -0.4 is 0 Å². The molecule has 0 unspecified atom stereocenters. The summed E-state index contributed by atoms with van der Waals surface area (Å²) in [5.74, 6) is 2.32. The molecule has 0 aromatic rings. The molecule has 23 heteroatoms. The van der Waals surface area contributed by atoms with Gasteiger partial charge in [-0.05, 0) is 6.42 Å². The molecule has 0 aliphatic rings. The van der Waals surface area contributed by atoms with E-state index in [2.05, 4.69) is 9.47 Å². The third-order valence-corrected chi connectivity index (χ3v) is 7.85. The maximum atomic E-state index is 10.8. The standard InChI is InChI=1S/C46H82O23/c1-3-45(47)68-42-40-49-6-5-7-66-44-67-39-38-64-35-34-62-31-30-60-27-26-58-23-22-56-19-18-54-15-14-52-11-10-50-8-9-51-12-13-53-16-17-55-20-21-57-24-25-59-28-29-61-32-33-63-36-37-65-41-43-69-46(48)4-2/h1-2H,5-44H2. The second kappa shape index (κ2) is 61.4. The molecule has 404 valence electrons. The molecule has 0 heterocycles. The zero-order valence-corrected chi connectivity index (χ0v) is 40.8. The fourth-order valence-electron chi connectivity index (χ4n) is 4.53. The molecule has 0 aromatic carbocycles. The lowest BCUT2D eigenvalue weighted by molar-refractivity contribution is -0.139. The number of esters is 2. The van der Waals surface area contributed by atoms with Crippen LogP contribution in [-0.4, -0.2) is 270 Å². The molecule has 0 atom stereocenters. The summed E-state index contributed by atoms with van der Waals surface area (Å²) in [6.07, 6.45) is 10.5. The highest BCUT2D eigenvalue weighted by atomic mass is 16.7. The summed E-state index contributed by atoms with van der Waals surface area (Å²) in [5.41, 5.74) is 0. The van der Waals surface area contributed by atoms with Crippen molar-refractivity contribution in [2.24, 2.45) is 0 Å². The van der Waals surface area contributed by atoms with Gasteiger partial charge in [0.1, 0.15) is 20.0 Å². The predicted molar refractivity (Wildman–Crippen MR) is 245 cm³/mol. The van der Waals surface area contributed by atoms with Crippen LogP contribution >= 0.6 is 0 Å². The first-order valence-electron chi connectivity index (χ1n) is 23.4. The van der Waals surface area contributed by atoms with Crippen LogP contribution in [-0.2, 0) is 109 Å². The molecule has 0 aliphatic carbocycles. The van der Waals surface area contributed by atoms with Gasteiger partial charge in [0.2, 0.25) is 0 Å². The van der Waals surface area contributed by atoms with Crippen molar-refractivity contribution in [2.75, 3.05) is 258 Å². The van der Waals surface area contributed by atoms with Gasteiger partial charge in [0.15, 0.2) is 0 Å². The number of carbonyl (C=O) groups excluding carboxylic acids is 2. The summed E-state index contributed by atoms with van der Waals surface area (Å²) in [7, 11) is 0. The van der Waals surface area contributed by atoms with E-state index in [0.717, 1.165) is 0 Å². The summed E-state index contributed by atoms with van der Waals surface area (Å²) in [4.78, 5) is 21.5. The van der Waals surface area contributed by atoms with Crippen molar-refractivity contribution in [2.45, 2.75) is 6.42 Å². The van der Waals surface area contributed by atoms with E-state index in [0.29, 0.717) is 238 Å². The minimum atomic E-state index is -0.702. The summed E-state index contributed by atoms with van der Waals surface area (Å²) in [5, 5.41) is 0. The Hall–Kier alpha value is -2.70. The number of hydrogen-bond donors (Lipinski definition) is 0. The summed E-state index contributed by atoms with van der Waals surface area (Å²) in [6, 6.07) is 0. The van der Waals surface area contributed by atoms with Crippen molar-refractivity contribution >= 4 is 11.9 Å². The van der Waals surface area contributed by atoms with E-state index in [4.69, 9.17) is 103 Å². The maximum absolute atomic E-state index is 10.8. The van der Waals surface area contributed by atoms with Gasteiger partial charge in [-0.1, -0.05) is 0 Å². The van der Waals surface area contributed by atoms with E-state index in [1.165, 1.54) is 0 Å². The van der Waals surface area contributed by atoms with E-state index in [1.807, 2.05) is 11.8 Å². The Kier molecular flexibility index (Phi) is 59.0. The second-order valence-corrected chi connectivity index (χ2v) is 13.3. The largest absolute Gasteiger partial charge is 0.454 e. The topological polar surface area (TPSA) is 228 Å². The van der Waals surface area contributed by atoms with Gasteiger partial charge in [0.25, 0.3) is 0 Å². The zero-order chi connectivity index (χ0) is 49.7.